The molecule has 26 heavy (non-hydrogen) atoms. The van der Waals surface area contributed by atoms with Gasteiger partial charge in [-0.3, -0.25) is 9.69 Å². The van der Waals surface area contributed by atoms with Gasteiger partial charge in [0.15, 0.2) is 0 Å². The molecule has 0 spiro atoms. The Balaban J connectivity index is 1.41. The molecule has 1 N–H and O–H groups in total. The van der Waals surface area contributed by atoms with Crippen LogP contribution in [-0.4, -0.2) is 84.6 Å². The summed E-state index contributed by atoms with van der Waals surface area (Å²) in [6.45, 7) is 13.1. The van der Waals surface area contributed by atoms with E-state index in [1.54, 1.807) is 6.20 Å². The van der Waals surface area contributed by atoms with Crippen LogP contribution in [0, 0.1) is 12.8 Å². The second-order valence-electron chi connectivity index (χ2n) is 7.35. The number of anilines is 1. The van der Waals surface area contributed by atoms with Crippen molar-refractivity contribution in [2.75, 3.05) is 63.8 Å². The summed E-state index contributed by atoms with van der Waals surface area (Å²) in [6.07, 6.45) is 3.75. The molecule has 0 bridgehead atoms. The van der Waals surface area contributed by atoms with Gasteiger partial charge in [0.1, 0.15) is 0 Å². The van der Waals surface area contributed by atoms with Gasteiger partial charge in [0.2, 0.25) is 11.9 Å². The summed E-state index contributed by atoms with van der Waals surface area (Å²) in [5.74, 6) is 0.954. The van der Waals surface area contributed by atoms with E-state index in [2.05, 4.69) is 36.9 Å². The van der Waals surface area contributed by atoms with Crippen molar-refractivity contribution in [3.63, 3.8) is 0 Å². The topological polar surface area (TPSA) is 64.6 Å². The first-order valence-electron chi connectivity index (χ1n) is 9.92. The standard InChI is InChI=1S/C19H32N6O/c1-3-23-11-13-24(14-12-23)10-8-20-18(26)17-5-4-9-25(15-17)19-21-7-6-16(2)22-19/h6-7,17H,3-5,8-15H2,1-2H3,(H,20,26). The number of rotatable bonds is 6. The number of nitrogens with zero attached hydrogens (tertiary/aromatic N) is 5. The second kappa shape index (κ2) is 9.28. The highest BCUT2D eigenvalue weighted by molar-refractivity contribution is 5.79. The van der Waals surface area contributed by atoms with Crippen LogP contribution in [-0.2, 0) is 4.79 Å². The van der Waals surface area contributed by atoms with Crippen molar-refractivity contribution in [3.8, 4) is 0 Å². The van der Waals surface area contributed by atoms with Crippen LogP contribution in [0.1, 0.15) is 25.5 Å². The number of likely N-dealkylation sites (N-methyl/N-ethyl adjacent to an activating group) is 1. The molecule has 1 atom stereocenters. The number of hydrogen-bond acceptors (Lipinski definition) is 6. The van der Waals surface area contributed by atoms with Crippen molar-refractivity contribution in [1.29, 1.82) is 0 Å². The highest BCUT2D eigenvalue weighted by Crippen LogP contribution is 2.20. The van der Waals surface area contributed by atoms with E-state index in [1.165, 1.54) is 0 Å². The normalized spacial score (nSPS) is 22.4. The van der Waals surface area contributed by atoms with Gasteiger partial charge < -0.3 is 15.1 Å². The highest BCUT2D eigenvalue weighted by atomic mass is 16.1. The molecule has 0 aromatic carbocycles. The number of piperazine rings is 1. The Labute approximate surface area is 156 Å². The number of carbonyl (C=O) groups is 1. The third kappa shape index (κ3) is 5.14. The zero-order valence-electron chi connectivity index (χ0n) is 16.2. The first kappa shape index (κ1) is 19.0. The van der Waals surface area contributed by atoms with E-state index in [-0.39, 0.29) is 11.8 Å². The maximum atomic E-state index is 12.6. The fraction of sp³-hybridized carbons (Fsp3) is 0.737. The van der Waals surface area contributed by atoms with Crippen LogP contribution >= 0.6 is 0 Å². The quantitative estimate of drug-likeness (QED) is 0.808. The van der Waals surface area contributed by atoms with E-state index in [1.807, 2.05) is 13.0 Å². The monoisotopic (exact) mass is 360 g/mol. The van der Waals surface area contributed by atoms with Crippen LogP contribution in [0.15, 0.2) is 12.3 Å². The average Bonchev–Trinajstić information content (AvgIpc) is 2.68. The van der Waals surface area contributed by atoms with Gasteiger partial charge in [0, 0.05) is 64.2 Å². The van der Waals surface area contributed by atoms with Gasteiger partial charge in [-0.2, -0.15) is 0 Å². The molecule has 0 aliphatic carbocycles. The number of nitrogens with one attached hydrogen (secondary N) is 1. The molecule has 7 nitrogen and oxygen atoms in total. The summed E-state index contributed by atoms with van der Waals surface area (Å²) in [7, 11) is 0. The van der Waals surface area contributed by atoms with E-state index < -0.39 is 0 Å². The van der Waals surface area contributed by atoms with Crippen LogP contribution in [0.4, 0.5) is 5.95 Å². The van der Waals surface area contributed by atoms with E-state index in [0.717, 1.165) is 76.8 Å². The molecule has 2 fully saturated rings. The largest absolute Gasteiger partial charge is 0.355 e. The van der Waals surface area contributed by atoms with Gasteiger partial charge in [-0.05, 0) is 32.4 Å². The first-order chi connectivity index (χ1) is 12.7. The SMILES string of the molecule is CCN1CCN(CCNC(=O)C2CCCN(c3nccc(C)n3)C2)CC1. The summed E-state index contributed by atoms with van der Waals surface area (Å²) in [5.41, 5.74) is 0.963. The van der Waals surface area contributed by atoms with Crippen molar-refractivity contribution in [2.24, 2.45) is 5.92 Å². The van der Waals surface area contributed by atoms with Crippen LogP contribution < -0.4 is 10.2 Å². The molecule has 1 unspecified atom stereocenters. The lowest BCUT2D eigenvalue weighted by Crippen LogP contribution is -2.49. The predicted octanol–water partition coefficient (Wildman–Crippen LogP) is 0.755. The molecule has 144 valence electrons. The number of piperidine rings is 1. The number of aryl methyl sites for hydroxylation is 1. The minimum Gasteiger partial charge on any atom is -0.355 e. The maximum absolute atomic E-state index is 12.6. The van der Waals surface area contributed by atoms with Crippen molar-refractivity contribution < 1.29 is 4.79 Å². The van der Waals surface area contributed by atoms with E-state index in [9.17, 15) is 4.79 Å². The van der Waals surface area contributed by atoms with Gasteiger partial charge in [-0.1, -0.05) is 6.92 Å². The summed E-state index contributed by atoms with van der Waals surface area (Å²) in [6, 6.07) is 1.90. The lowest BCUT2D eigenvalue weighted by molar-refractivity contribution is -0.125. The molecule has 2 aliphatic rings. The van der Waals surface area contributed by atoms with Gasteiger partial charge in [-0.25, -0.2) is 9.97 Å². The van der Waals surface area contributed by atoms with Crippen LogP contribution in [0.3, 0.4) is 0 Å². The molecular weight excluding hydrogens is 328 g/mol. The molecule has 1 amide bonds. The minimum absolute atomic E-state index is 0.0322. The number of hydrogen-bond donors (Lipinski definition) is 1. The number of carbonyl (C=O) groups excluding carboxylic acids is 1. The minimum atomic E-state index is 0.0322. The molecule has 2 saturated heterocycles. The third-order valence-electron chi connectivity index (χ3n) is 5.50. The van der Waals surface area contributed by atoms with Crippen molar-refractivity contribution in [1.82, 2.24) is 25.1 Å². The van der Waals surface area contributed by atoms with Crippen molar-refractivity contribution >= 4 is 11.9 Å². The fourth-order valence-electron chi connectivity index (χ4n) is 3.77. The van der Waals surface area contributed by atoms with E-state index in [4.69, 9.17) is 0 Å². The predicted molar refractivity (Wildman–Crippen MR) is 103 cm³/mol. The average molecular weight is 361 g/mol. The van der Waals surface area contributed by atoms with E-state index >= 15 is 0 Å². The maximum Gasteiger partial charge on any atom is 0.225 e. The molecule has 3 rings (SSSR count). The van der Waals surface area contributed by atoms with Crippen LogP contribution in [0.5, 0.6) is 0 Å². The highest BCUT2D eigenvalue weighted by Gasteiger charge is 2.27. The molecule has 0 radical (unpaired) electrons. The van der Waals surface area contributed by atoms with E-state index in [0.29, 0.717) is 6.54 Å². The van der Waals surface area contributed by atoms with Gasteiger partial charge in [0.05, 0.1) is 5.92 Å². The zero-order chi connectivity index (χ0) is 18.4. The first-order valence-corrected chi connectivity index (χ1v) is 9.92. The lowest BCUT2D eigenvalue weighted by atomic mass is 9.97. The van der Waals surface area contributed by atoms with Gasteiger partial charge in [-0.15, -0.1) is 0 Å². The fourth-order valence-corrected chi connectivity index (χ4v) is 3.77. The lowest BCUT2D eigenvalue weighted by Gasteiger charge is -2.34. The van der Waals surface area contributed by atoms with Gasteiger partial charge in [0.25, 0.3) is 0 Å². The molecule has 0 saturated carbocycles. The Morgan fingerprint density at radius 3 is 2.73 bits per heavy atom. The molecule has 2 aliphatic heterocycles. The number of aromatic nitrogens is 2. The Kier molecular flexibility index (Phi) is 6.80. The van der Waals surface area contributed by atoms with Crippen molar-refractivity contribution in [3.05, 3.63) is 18.0 Å². The van der Waals surface area contributed by atoms with Crippen molar-refractivity contribution in [2.45, 2.75) is 26.7 Å². The summed E-state index contributed by atoms with van der Waals surface area (Å²) in [5, 5.41) is 3.15. The molecule has 1 aromatic rings. The summed E-state index contributed by atoms with van der Waals surface area (Å²) in [4.78, 5) is 28.5. The molecule has 1 aromatic heterocycles. The Hall–Kier alpha value is -1.73. The molecule has 3 heterocycles. The van der Waals surface area contributed by atoms with Gasteiger partial charge >= 0.3 is 0 Å². The Morgan fingerprint density at radius 1 is 1.23 bits per heavy atom. The van der Waals surface area contributed by atoms with Crippen LogP contribution in [0.25, 0.3) is 0 Å². The van der Waals surface area contributed by atoms with Crippen LogP contribution in [0.2, 0.25) is 0 Å². The summed E-state index contributed by atoms with van der Waals surface area (Å²) < 4.78 is 0. The Morgan fingerprint density at radius 2 is 2.00 bits per heavy atom. The third-order valence-corrected chi connectivity index (χ3v) is 5.50. The Bertz CT molecular complexity index is 587. The number of amides is 1. The zero-order valence-corrected chi connectivity index (χ0v) is 16.2. The molecule has 7 heteroatoms. The molecular formula is C19H32N6O. The smallest absolute Gasteiger partial charge is 0.225 e. The summed E-state index contributed by atoms with van der Waals surface area (Å²) >= 11 is 0. The second-order valence-corrected chi connectivity index (χ2v) is 7.35.